The van der Waals surface area contributed by atoms with Crippen LogP contribution in [0.2, 0.25) is 0 Å². The number of nitrogens with two attached hydrogens (primary N) is 1. The Hall–Kier alpha value is -1.39. The third kappa shape index (κ3) is 6.74. The van der Waals surface area contributed by atoms with Gasteiger partial charge in [0, 0.05) is 12.6 Å². The second kappa shape index (κ2) is 8.80. The second-order valence-corrected chi connectivity index (χ2v) is 6.18. The molecule has 0 radical (unpaired) electrons. The number of amides is 1. The van der Waals surface area contributed by atoms with Gasteiger partial charge in [-0.05, 0) is 23.8 Å². The third-order valence-corrected chi connectivity index (χ3v) is 3.61. The van der Waals surface area contributed by atoms with Crippen molar-refractivity contribution in [2.45, 2.75) is 51.7 Å². The van der Waals surface area contributed by atoms with Crippen LogP contribution in [0.1, 0.15) is 45.1 Å². The van der Waals surface area contributed by atoms with Crippen molar-refractivity contribution in [2.75, 3.05) is 6.54 Å². The lowest BCUT2D eigenvalue weighted by atomic mass is 9.98. The molecule has 4 N–H and O–H groups in total. The van der Waals surface area contributed by atoms with E-state index in [1.807, 2.05) is 44.2 Å². The topological polar surface area (TPSA) is 75.3 Å². The van der Waals surface area contributed by atoms with Crippen molar-refractivity contribution in [3.8, 4) is 0 Å². The van der Waals surface area contributed by atoms with Gasteiger partial charge in [0.25, 0.3) is 0 Å². The Morgan fingerprint density at radius 1 is 1.24 bits per heavy atom. The summed E-state index contributed by atoms with van der Waals surface area (Å²) < 4.78 is 0. The molecule has 21 heavy (non-hydrogen) atoms. The molecule has 0 aliphatic heterocycles. The summed E-state index contributed by atoms with van der Waals surface area (Å²) >= 11 is 0. The standard InChI is InChI=1S/C17H28N2O2/c1-12(2)9-15(18)16(20)10-17(21)19-11-13(3)14-7-5-4-6-8-14/h4-8,12-13,15-16,20H,9-11,18H2,1-3H3,(H,19,21)/t13?,15-,16-/m0/s1. The van der Waals surface area contributed by atoms with E-state index in [9.17, 15) is 9.90 Å². The van der Waals surface area contributed by atoms with Crippen LogP contribution in [0.25, 0.3) is 0 Å². The normalized spacial score (nSPS) is 15.5. The highest BCUT2D eigenvalue weighted by molar-refractivity contribution is 5.76. The van der Waals surface area contributed by atoms with Crippen LogP contribution in [-0.2, 0) is 4.79 Å². The smallest absolute Gasteiger partial charge is 0.222 e. The zero-order chi connectivity index (χ0) is 15.8. The minimum Gasteiger partial charge on any atom is -0.391 e. The monoisotopic (exact) mass is 292 g/mol. The molecule has 0 spiro atoms. The number of nitrogens with one attached hydrogen (secondary N) is 1. The van der Waals surface area contributed by atoms with E-state index in [0.29, 0.717) is 12.5 Å². The Labute approximate surface area is 127 Å². The molecule has 0 aliphatic carbocycles. The predicted octanol–water partition coefficient (Wildman–Crippen LogP) is 2.03. The SMILES string of the molecule is CC(C)C[C@H](N)[C@@H](O)CC(=O)NCC(C)c1ccccc1. The first-order valence-electron chi connectivity index (χ1n) is 7.65. The molecule has 1 aromatic carbocycles. The van der Waals surface area contributed by atoms with Gasteiger partial charge < -0.3 is 16.2 Å². The molecule has 1 unspecified atom stereocenters. The van der Waals surface area contributed by atoms with Gasteiger partial charge in [-0.3, -0.25) is 4.79 Å². The van der Waals surface area contributed by atoms with Crippen LogP contribution in [0.4, 0.5) is 0 Å². The number of hydrogen-bond acceptors (Lipinski definition) is 3. The van der Waals surface area contributed by atoms with Gasteiger partial charge in [0.05, 0.1) is 12.5 Å². The molecular formula is C17H28N2O2. The Bertz CT molecular complexity index is 420. The molecule has 0 fully saturated rings. The minimum atomic E-state index is -0.778. The Kier molecular flexibility index (Phi) is 7.40. The van der Waals surface area contributed by atoms with E-state index in [4.69, 9.17) is 5.73 Å². The lowest BCUT2D eigenvalue weighted by Crippen LogP contribution is -2.40. The highest BCUT2D eigenvalue weighted by Gasteiger charge is 2.19. The number of aliphatic hydroxyl groups excluding tert-OH is 1. The summed E-state index contributed by atoms with van der Waals surface area (Å²) in [6.07, 6.45) is 0.00370. The summed E-state index contributed by atoms with van der Waals surface area (Å²) in [5, 5.41) is 12.8. The molecule has 0 saturated carbocycles. The summed E-state index contributed by atoms with van der Waals surface area (Å²) in [5.74, 6) is 0.511. The summed E-state index contributed by atoms with van der Waals surface area (Å²) in [6.45, 7) is 6.73. The quantitative estimate of drug-likeness (QED) is 0.686. The number of hydrogen-bond donors (Lipinski definition) is 3. The number of carbonyl (C=O) groups is 1. The largest absolute Gasteiger partial charge is 0.391 e. The molecule has 1 aromatic rings. The van der Waals surface area contributed by atoms with Gasteiger partial charge in [0.2, 0.25) is 5.91 Å². The first kappa shape index (κ1) is 17.7. The summed E-state index contributed by atoms with van der Waals surface area (Å²) in [7, 11) is 0. The highest BCUT2D eigenvalue weighted by atomic mass is 16.3. The fraction of sp³-hybridized carbons (Fsp3) is 0.588. The molecule has 1 amide bonds. The van der Waals surface area contributed by atoms with Gasteiger partial charge >= 0.3 is 0 Å². The van der Waals surface area contributed by atoms with E-state index in [1.54, 1.807) is 0 Å². The zero-order valence-electron chi connectivity index (χ0n) is 13.3. The van der Waals surface area contributed by atoms with E-state index < -0.39 is 6.10 Å². The molecule has 0 heterocycles. The molecule has 1 rings (SSSR count). The molecule has 0 aliphatic rings. The maximum absolute atomic E-state index is 11.9. The van der Waals surface area contributed by atoms with Crippen LogP contribution in [0.5, 0.6) is 0 Å². The number of benzene rings is 1. The highest BCUT2D eigenvalue weighted by Crippen LogP contribution is 2.13. The van der Waals surface area contributed by atoms with Crippen LogP contribution in [0.3, 0.4) is 0 Å². The fourth-order valence-electron chi connectivity index (χ4n) is 2.28. The van der Waals surface area contributed by atoms with Gasteiger partial charge in [-0.25, -0.2) is 0 Å². The number of rotatable bonds is 8. The maximum Gasteiger partial charge on any atom is 0.222 e. The molecule has 4 heteroatoms. The van der Waals surface area contributed by atoms with Crippen LogP contribution < -0.4 is 11.1 Å². The van der Waals surface area contributed by atoms with Gasteiger partial charge in [-0.15, -0.1) is 0 Å². The fourth-order valence-corrected chi connectivity index (χ4v) is 2.28. The molecule has 4 nitrogen and oxygen atoms in total. The van der Waals surface area contributed by atoms with Crippen molar-refractivity contribution in [2.24, 2.45) is 11.7 Å². The third-order valence-electron chi connectivity index (χ3n) is 3.61. The van der Waals surface area contributed by atoms with Crippen molar-refractivity contribution in [3.63, 3.8) is 0 Å². The van der Waals surface area contributed by atoms with E-state index in [0.717, 1.165) is 6.42 Å². The first-order valence-corrected chi connectivity index (χ1v) is 7.65. The van der Waals surface area contributed by atoms with Crippen LogP contribution in [0, 0.1) is 5.92 Å². The van der Waals surface area contributed by atoms with Gasteiger partial charge in [-0.1, -0.05) is 51.1 Å². The molecule has 118 valence electrons. The summed E-state index contributed by atoms with van der Waals surface area (Å²) in [6, 6.07) is 9.70. The zero-order valence-corrected chi connectivity index (χ0v) is 13.3. The van der Waals surface area contributed by atoms with Gasteiger partial charge in [0.1, 0.15) is 0 Å². The molecule has 0 aromatic heterocycles. The summed E-state index contributed by atoms with van der Waals surface area (Å²) in [4.78, 5) is 11.9. The van der Waals surface area contributed by atoms with E-state index in [1.165, 1.54) is 5.56 Å². The Morgan fingerprint density at radius 3 is 2.43 bits per heavy atom. The van der Waals surface area contributed by atoms with Crippen molar-refractivity contribution in [3.05, 3.63) is 35.9 Å². The van der Waals surface area contributed by atoms with Crippen LogP contribution in [0.15, 0.2) is 30.3 Å². The average Bonchev–Trinajstić information content (AvgIpc) is 2.44. The molecule has 3 atom stereocenters. The Balaban J connectivity index is 2.34. The van der Waals surface area contributed by atoms with E-state index in [-0.39, 0.29) is 24.3 Å². The predicted molar refractivity (Wildman–Crippen MR) is 85.9 cm³/mol. The van der Waals surface area contributed by atoms with Crippen molar-refractivity contribution >= 4 is 5.91 Å². The first-order chi connectivity index (χ1) is 9.90. The van der Waals surface area contributed by atoms with Gasteiger partial charge in [0.15, 0.2) is 0 Å². The van der Waals surface area contributed by atoms with Crippen LogP contribution in [-0.4, -0.2) is 29.7 Å². The number of aliphatic hydroxyl groups is 1. The second-order valence-electron chi connectivity index (χ2n) is 6.18. The van der Waals surface area contributed by atoms with E-state index >= 15 is 0 Å². The van der Waals surface area contributed by atoms with Crippen molar-refractivity contribution < 1.29 is 9.90 Å². The molecular weight excluding hydrogens is 264 g/mol. The van der Waals surface area contributed by atoms with E-state index in [2.05, 4.69) is 12.2 Å². The van der Waals surface area contributed by atoms with Crippen molar-refractivity contribution in [1.29, 1.82) is 0 Å². The lowest BCUT2D eigenvalue weighted by molar-refractivity contribution is -0.123. The molecule has 0 bridgehead atoms. The van der Waals surface area contributed by atoms with Gasteiger partial charge in [-0.2, -0.15) is 0 Å². The number of carbonyl (C=O) groups excluding carboxylic acids is 1. The molecule has 0 saturated heterocycles. The minimum absolute atomic E-state index is 0.0649. The lowest BCUT2D eigenvalue weighted by Gasteiger charge is -2.20. The van der Waals surface area contributed by atoms with Crippen LogP contribution >= 0.6 is 0 Å². The van der Waals surface area contributed by atoms with Crippen molar-refractivity contribution in [1.82, 2.24) is 5.32 Å². The average molecular weight is 292 g/mol. The Morgan fingerprint density at radius 2 is 1.86 bits per heavy atom. The summed E-state index contributed by atoms with van der Waals surface area (Å²) in [5.41, 5.74) is 7.07. The maximum atomic E-state index is 11.9.